The molecule has 0 aliphatic carbocycles. The van der Waals surface area contributed by atoms with E-state index in [2.05, 4.69) is 20.2 Å². The highest BCUT2D eigenvalue weighted by Gasteiger charge is 2.21. The molecular weight excluding hydrogens is 260 g/mol. The maximum absolute atomic E-state index is 10.7. The summed E-state index contributed by atoms with van der Waals surface area (Å²) in [4.78, 5) is 20.9. The number of carbonyl (C=O) groups is 1. The number of carboxylic acid groups (broad SMARTS) is 1. The molecule has 1 fully saturated rings. The number of anilines is 1. The second-order valence-electron chi connectivity index (χ2n) is 4.92. The van der Waals surface area contributed by atoms with Crippen molar-refractivity contribution < 1.29 is 14.6 Å². The van der Waals surface area contributed by atoms with Gasteiger partial charge >= 0.3 is 5.97 Å². The summed E-state index contributed by atoms with van der Waals surface area (Å²) in [7, 11) is 1.72. The molecule has 1 aromatic heterocycles. The Bertz CT molecular complexity index is 438. The number of nitrogens with one attached hydrogen (secondary N) is 1. The molecule has 0 aromatic carbocycles. The highest BCUT2D eigenvalue weighted by molar-refractivity contribution is 5.84. The topological polar surface area (TPSA) is 87.6 Å². The minimum absolute atomic E-state index is 0.0397. The average Bonchev–Trinajstić information content (AvgIpc) is 2.91. The fraction of sp³-hybridized carbons (Fsp3) is 0.615. The Hall–Kier alpha value is -1.73. The molecule has 7 heteroatoms. The molecule has 1 saturated heterocycles. The smallest absolute Gasteiger partial charge is 0.356 e. The summed E-state index contributed by atoms with van der Waals surface area (Å²) < 4.78 is 5.08. The van der Waals surface area contributed by atoms with Gasteiger partial charge in [0.05, 0.1) is 19.0 Å². The molecule has 0 spiro atoms. The van der Waals surface area contributed by atoms with Gasteiger partial charge in [0.15, 0.2) is 5.69 Å². The van der Waals surface area contributed by atoms with E-state index in [1.165, 1.54) is 12.4 Å². The standard InChI is InChI=1S/C13H20N4O3/c1-20-5-4-17-3-2-10(9-17)6-15-12-8-14-11(7-16-12)13(18)19/h7-8,10H,2-6,9H2,1H3,(H,15,16)(H,18,19). The Kier molecular flexibility index (Phi) is 5.25. The number of hydrogen-bond acceptors (Lipinski definition) is 6. The predicted molar refractivity (Wildman–Crippen MR) is 73.9 cm³/mol. The first-order valence-electron chi connectivity index (χ1n) is 6.69. The molecule has 1 unspecified atom stereocenters. The van der Waals surface area contributed by atoms with Gasteiger partial charge in [-0.3, -0.25) is 0 Å². The predicted octanol–water partition coefficient (Wildman–Crippen LogP) is 0.555. The van der Waals surface area contributed by atoms with E-state index in [0.717, 1.165) is 39.2 Å². The van der Waals surface area contributed by atoms with Gasteiger partial charge in [0.25, 0.3) is 0 Å². The minimum Gasteiger partial charge on any atom is -0.476 e. The van der Waals surface area contributed by atoms with Crippen LogP contribution in [0.25, 0.3) is 0 Å². The number of ether oxygens (including phenoxy) is 1. The van der Waals surface area contributed by atoms with Crippen molar-refractivity contribution >= 4 is 11.8 Å². The van der Waals surface area contributed by atoms with Crippen molar-refractivity contribution in [3.63, 3.8) is 0 Å². The molecule has 2 heterocycles. The van der Waals surface area contributed by atoms with Crippen LogP contribution in [-0.4, -0.2) is 65.8 Å². The number of likely N-dealkylation sites (tertiary alicyclic amines) is 1. The summed E-state index contributed by atoms with van der Waals surface area (Å²) in [5.41, 5.74) is -0.0397. The molecule has 0 bridgehead atoms. The van der Waals surface area contributed by atoms with E-state index in [0.29, 0.717) is 11.7 Å². The van der Waals surface area contributed by atoms with E-state index < -0.39 is 5.97 Å². The molecule has 0 amide bonds. The third-order valence-corrected chi connectivity index (χ3v) is 3.42. The molecule has 0 radical (unpaired) electrons. The first-order valence-corrected chi connectivity index (χ1v) is 6.69. The fourth-order valence-electron chi connectivity index (χ4n) is 2.28. The molecule has 0 saturated carbocycles. The van der Waals surface area contributed by atoms with Crippen LogP contribution in [0.5, 0.6) is 0 Å². The number of rotatable bonds is 7. The van der Waals surface area contributed by atoms with Crippen LogP contribution in [0.2, 0.25) is 0 Å². The molecule has 110 valence electrons. The number of aromatic carboxylic acids is 1. The van der Waals surface area contributed by atoms with Crippen LogP contribution in [0.4, 0.5) is 5.82 Å². The normalized spacial score (nSPS) is 19.1. The summed E-state index contributed by atoms with van der Waals surface area (Å²) in [5.74, 6) is 0.131. The highest BCUT2D eigenvalue weighted by Crippen LogP contribution is 2.16. The average molecular weight is 280 g/mol. The molecule has 2 rings (SSSR count). The van der Waals surface area contributed by atoms with Gasteiger partial charge in [-0.2, -0.15) is 0 Å². The quantitative estimate of drug-likeness (QED) is 0.754. The summed E-state index contributed by atoms with van der Waals surface area (Å²) in [6.07, 6.45) is 3.88. The summed E-state index contributed by atoms with van der Waals surface area (Å²) in [5, 5.41) is 11.9. The first kappa shape index (κ1) is 14.7. The Morgan fingerprint density at radius 3 is 3.05 bits per heavy atom. The van der Waals surface area contributed by atoms with Gasteiger partial charge in [-0.15, -0.1) is 0 Å². The molecular formula is C13H20N4O3. The first-order chi connectivity index (χ1) is 9.69. The lowest BCUT2D eigenvalue weighted by Crippen LogP contribution is -2.26. The minimum atomic E-state index is -1.06. The summed E-state index contributed by atoms with van der Waals surface area (Å²) in [6.45, 7) is 4.71. The lowest BCUT2D eigenvalue weighted by Gasteiger charge is -2.15. The van der Waals surface area contributed by atoms with Crippen molar-refractivity contribution in [1.29, 1.82) is 0 Å². The van der Waals surface area contributed by atoms with Crippen LogP contribution in [0, 0.1) is 5.92 Å². The number of aromatic nitrogens is 2. The van der Waals surface area contributed by atoms with E-state index >= 15 is 0 Å². The Labute approximate surface area is 118 Å². The number of methoxy groups -OCH3 is 1. The molecule has 20 heavy (non-hydrogen) atoms. The fourth-order valence-corrected chi connectivity index (χ4v) is 2.28. The summed E-state index contributed by atoms with van der Waals surface area (Å²) in [6, 6.07) is 0. The number of nitrogens with zero attached hydrogens (tertiary/aromatic N) is 3. The van der Waals surface area contributed by atoms with Crippen LogP contribution in [-0.2, 0) is 4.74 Å². The maximum atomic E-state index is 10.7. The van der Waals surface area contributed by atoms with E-state index in [9.17, 15) is 4.79 Å². The maximum Gasteiger partial charge on any atom is 0.356 e. The van der Waals surface area contributed by atoms with Gasteiger partial charge in [-0.1, -0.05) is 0 Å². The van der Waals surface area contributed by atoms with Crippen LogP contribution in [0.1, 0.15) is 16.9 Å². The summed E-state index contributed by atoms with van der Waals surface area (Å²) >= 11 is 0. The van der Waals surface area contributed by atoms with Crippen LogP contribution < -0.4 is 5.32 Å². The van der Waals surface area contributed by atoms with Crippen molar-refractivity contribution in [2.24, 2.45) is 5.92 Å². The van der Waals surface area contributed by atoms with Crippen LogP contribution in [0.15, 0.2) is 12.4 Å². The third kappa shape index (κ3) is 4.14. The SMILES string of the molecule is COCCN1CCC(CNc2cnc(C(=O)O)cn2)C1. The molecule has 2 N–H and O–H groups in total. The van der Waals surface area contributed by atoms with Crippen molar-refractivity contribution in [2.45, 2.75) is 6.42 Å². The van der Waals surface area contributed by atoms with Crippen molar-refractivity contribution in [1.82, 2.24) is 14.9 Å². The van der Waals surface area contributed by atoms with E-state index in [-0.39, 0.29) is 5.69 Å². The van der Waals surface area contributed by atoms with Crippen LogP contribution >= 0.6 is 0 Å². The molecule has 1 aliphatic heterocycles. The molecule has 1 aromatic rings. The molecule has 7 nitrogen and oxygen atoms in total. The second kappa shape index (κ2) is 7.16. The zero-order valence-electron chi connectivity index (χ0n) is 11.6. The van der Waals surface area contributed by atoms with Gasteiger partial charge < -0.3 is 20.1 Å². The van der Waals surface area contributed by atoms with Crippen molar-refractivity contribution in [2.75, 3.05) is 45.2 Å². The lowest BCUT2D eigenvalue weighted by atomic mass is 10.1. The Morgan fingerprint density at radius 1 is 1.55 bits per heavy atom. The van der Waals surface area contributed by atoms with Crippen molar-refractivity contribution in [3.05, 3.63) is 18.1 Å². The Morgan fingerprint density at radius 2 is 2.40 bits per heavy atom. The second-order valence-corrected chi connectivity index (χ2v) is 4.92. The van der Waals surface area contributed by atoms with Gasteiger partial charge in [-0.05, 0) is 18.9 Å². The Balaban J connectivity index is 1.74. The zero-order chi connectivity index (χ0) is 14.4. The molecule has 1 aliphatic rings. The molecule has 1 atom stereocenters. The van der Waals surface area contributed by atoms with E-state index in [1.54, 1.807) is 7.11 Å². The number of hydrogen-bond donors (Lipinski definition) is 2. The third-order valence-electron chi connectivity index (χ3n) is 3.42. The van der Waals surface area contributed by atoms with E-state index in [1.807, 2.05) is 0 Å². The zero-order valence-corrected chi connectivity index (χ0v) is 11.6. The largest absolute Gasteiger partial charge is 0.476 e. The van der Waals surface area contributed by atoms with Gasteiger partial charge in [0, 0.05) is 26.7 Å². The monoisotopic (exact) mass is 280 g/mol. The van der Waals surface area contributed by atoms with Gasteiger partial charge in [-0.25, -0.2) is 14.8 Å². The van der Waals surface area contributed by atoms with Gasteiger partial charge in [0.1, 0.15) is 5.82 Å². The van der Waals surface area contributed by atoms with Gasteiger partial charge in [0.2, 0.25) is 0 Å². The highest BCUT2D eigenvalue weighted by atomic mass is 16.5. The lowest BCUT2D eigenvalue weighted by molar-refractivity contribution is 0.0690. The van der Waals surface area contributed by atoms with E-state index in [4.69, 9.17) is 9.84 Å². The van der Waals surface area contributed by atoms with Crippen molar-refractivity contribution in [3.8, 4) is 0 Å². The van der Waals surface area contributed by atoms with Crippen LogP contribution in [0.3, 0.4) is 0 Å². The number of carboxylic acids is 1.